The number of aryl methyl sites for hydroxylation is 1. The number of hydrogen-bond donors (Lipinski definition) is 0. The molecule has 0 unspecified atom stereocenters. The van der Waals surface area contributed by atoms with Gasteiger partial charge in [0, 0.05) is 13.0 Å². The van der Waals surface area contributed by atoms with Gasteiger partial charge in [0.05, 0.1) is 18.3 Å². The lowest BCUT2D eigenvalue weighted by Gasteiger charge is -2.11. The van der Waals surface area contributed by atoms with Gasteiger partial charge >= 0.3 is 0 Å². The van der Waals surface area contributed by atoms with Crippen molar-refractivity contribution in [2.75, 3.05) is 6.61 Å². The van der Waals surface area contributed by atoms with Crippen molar-refractivity contribution in [1.82, 2.24) is 24.1 Å². The van der Waals surface area contributed by atoms with E-state index in [9.17, 15) is 4.79 Å². The van der Waals surface area contributed by atoms with Crippen LogP contribution in [0.15, 0.2) is 33.7 Å². The van der Waals surface area contributed by atoms with Gasteiger partial charge in [0.2, 0.25) is 5.82 Å². The molecule has 0 N–H and O–H groups in total. The van der Waals surface area contributed by atoms with Gasteiger partial charge in [0.1, 0.15) is 16.8 Å². The van der Waals surface area contributed by atoms with Crippen LogP contribution in [0.2, 0.25) is 0 Å². The lowest BCUT2D eigenvalue weighted by atomic mass is 10.2. The molecule has 26 heavy (non-hydrogen) atoms. The third-order valence-electron chi connectivity index (χ3n) is 4.73. The standard InChI is InChI=1S/C18H17N5O3/c1-3-25-12-6-4-5-11-14(12)18(24)22(2)13-9-19-16(23(11)13)17-20-15(21-26-17)10-7-8-10/h4-6,9-10H,3,7-8H2,1-2H3. The highest BCUT2D eigenvalue weighted by Crippen LogP contribution is 2.39. The Morgan fingerprint density at radius 3 is 2.96 bits per heavy atom. The highest BCUT2D eigenvalue weighted by atomic mass is 16.5. The largest absolute Gasteiger partial charge is 0.493 e. The number of nitrogens with zero attached hydrogens (tertiary/aromatic N) is 5. The summed E-state index contributed by atoms with van der Waals surface area (Å²) in [6, 6.07) is 5.53. The number of benzene rings is 1. The Bertz CT molecular complexity index is 1200. The van der Waals surface area contributed by atoms with Crippen LogP contribution in [0.5, 0.6) is 5.75 Å². The first-order chi connectivity index (χ1) is 12.7. The molecule has 0 aliphatic heterocycles. The van der Waals surface area contributed by atoms with E-state index in [1.165, 1.54) is 0 Å². The number of imidazole rings is 1. The fourth-order valence-corrected chi connectivity index (χ4v) is 3.27. The van der Waals surface area contributed by atoms with Crippen molar-refractivity contribution in [2.45, 2.75) is 25.7 Å². The zero-order valence-corrected chi connectivity index (χ0v) is 14.5. The van der Waals surface area contributed by atoms with E-state index in [1.807, 2.05) is 23.5 Å². The fraction of sp³-hybridized carbons (Fsp3) is 0.333. The minimum atomic E-state index is -0.132. The van der Waals surface area contributed by atoms with Crippen molar-refractivity contribution in [3.05, 3.63) is 40.6 Å². The Balaban J connectivity index is 1.84. The molecule has 0 amide bonds. The second-order valence-corrected chi connectivity index (χ2v) is 6.45. The van der Waals surface area contributed by atoms with Crippen LogP contribution in [0.3, 0.4) is 0 Å². The van der Waals surface area contributed by atoms with E-state index in [0.29, 0.717) is 46.5 Å². The molecule has 8 nitrogen and oxygen atoms in total. The monoisotopic (exact) mass is 351 g/mol. The van der Waals surface area contributed by atoms with Gasteiger partial charge in [-0.3, -0.25) is 13.8 Å². The topological polar surface area (TPSA) is 87.5 Å². The average Bonchev–Trinajstić information content (AvgIpc) is 3.21. The average molecular weight is 351 g/mol. The third kappa shape index (κ3) is 2.08. The van der Waals surface area contributed by atoms with Gasteiger partial charge in [-0.1, -0.05) is 11.2 Å². The van der Waals surface area contributed by atoms with E-state index in [-0.39, 0.29) is 5.56 Å². The summed E-state index contributed by atoms with van der Waals surface area (Å²) in [7, 11) is 1.72. The predicted octanol–water partition coefficient (Wildman–Crippen LogP) is 2.51. The van der Waals surface area contributed by atoms with E-state index >= 15 is 0 Å². The zero-order valence-electron chi connectivity index (χ0n) is 14.5. The molecule has 4 aromatic rings. The van der Waals surface area contributed by atoms with Gasteiger partial charge in [-0.05, 0) is 31.9 Å². The van der Waals surface area contributed by atoms with Gasteiger partial charge in [0.15, 0.2) is 5.82 Å². The molecule has 0 radical (unpaired) electrons. The summed E-state index contributed by atoms with van der Waals surface area (Å²) in [6.07, 6.45) is 3.83. The maximum atomic E-state index is 12.9. The number of fused-ring (bicyclic) bond motifs is 3. The van der Waals surface area contributed by atoms with Crippen LogP contribution in [-0.2, 0) is 7.05 Å². The minimum absolute atomic E-state index is 0.132. The Kier molecular flexibility index (Phi) is 3.15. The normalized spacial score (nSPS) is 14.4. The van der Waals surface area contributed by atoms with Crippen molar-refractivity contribution < 1.29 is 9.26 Å². The number of ether oxygens (including phenoxy) is 1. The summed E-state index contributed by atoms with van der Waals surface area (Å²) >= 11 is 0. The Morgan fingerprint density at radius 2 is 2.19 bits per heavy atom. The molecular formula is C18H17N5O3. The van der Waals surface area contributed by atoms with Crippen LogP contribution in [-0.4, -0.2) is 30.7 Å². The first kappa shape index (κ1) is 15.1. The van der Waals surface area contributed by atoms with Crippen LogP contribution in [0.25, 0.3) is 28.3 Å². The summed E-state index contributed by atoms with van der Waals surface area (Å²) < 4.78 is 14.5. The molecule has 0 atom stereocenters. The van der Waals surface area contributed by atoms with E-state index in [2.05, 4.69) is 15.1 Å². The highest BCUT2D eigenvalue weighted by molar-refractivity contribution is 5.87. The van der Waals surface area contributed by atoms with E-state index in [1.54, 1.807) is 23.9 Å². The second kappa shape index (κ2) is 5.42. The van der Waals surface area contributed by atoms with Gasteiger partial charge in [-0.2, -0.15) is 4.98 Å². The molecule has 1 aromatic carbocycles. The Labute approximate surface area is 148 Å². The van der Waals surface area contributed by atoms with Gasteiger partial charge in [-0.15, -0.1) is 0 Å². The molecular weight excluding hydrogens is 334 g/mol. The van der Waals surface area contributed by atoms with E-state index < -0.39 is 0 Å². The van der Waals surface area contributed by atoms with Crippen LogP contribution in [0.4, 0.5) is 0 Å². The van der Waals surface area contributed by atoms with Crippen molar-refractivity contribution >= 4 is 16.6 Å². The summed E-state index contributed by atoms with van der Waals surface area (Å²) in [4.78, 5) is 21.8. The molecule has 1 fully saturated rings. The van der Waals surface area contributed by atoms with Gasteiger partial charge in [0.25, 0.3) is 11.4 Å². The number of hydrogen-bond acceptors (Lipinski definition) is 6. The summed E-state index contributed by atoms with van der Waals surface area (Å²) in [5.41, 5.74) is 1.22. The summed E-state index contributed by atoms with van der Waals surface area (Å²) in [5, 5.41) is 4.58. The Morgan fingerprint density at radius 1 is 1.35 bits per heavy atom. The van der Waals surface area contributed by atoms with Crippen LogP contribution < -0.4 is 10.3 Å². The second-order valence-electron chi connectivity index (χ2n) is 6.45. The van der Waals surface area contributed by atoms with Crippen LogP contribution >= 0.6 is 0 Å². The lowest BCUT2D eigenvalue weighted by Crippen LogP contribution is -2.20. The van der Waals surface area contributed by atoms with Crippen LogP contribution in [0, 0.1) is 0 Å². The first-order valence-electron chi connectivity index (χ1n) is 8.65. The smallest absolute Gasteiger partial charge is 0.294 e. The molecule has 0 spiro atoms. The van der Waals surface area contributed by atoms with E-state index in [0.717, 1.165) is 18.7 Å². The molecule has 0 bridgehead atoms. The molecule has 8 heteroatoms. The first-order valence-corrected chi connectivity index (χ1v) is 8.65. The van der Waals surface area contributed by atoms with Crippen molar-refractivity contribution in [3.63, 3.8) is 0 Å². The SMILES string of the molecule is CCOc1cccc2c1c(=O)n(C)c1cnc(-c3nc(C4CC4)no3)n21. The predicted molar refractivity (Wildman–Crippen MR) is 94.4 cm³/mol. The molecule has 3 aromatic heterocycles. The van der Waals surface area contributed by atoms with Crippen molar-refractivity contribution in [3.8, 4) is 17.5 Å². The molecule has 0 saturated heterocycles. The van der Waals surface area contributed by atoms with Gasteiger partial charge < -0.3 is 9.26 Å². The molecule has 1 aliphatic carbocycles. The Hall–Kier alpha value is -3.16. The minimum Gasteiger partial charge on any atom is -0.493 e. The van der Waals surface area contributed by atoms with Gasteiger partial charge in [-0.25, -0.2) is 4.98 Å². The molecule has 1 aliphatic rings. The zero-order chi connectivity index (χ0) is 17.8. The number of aromatic nitrogens is 5. The summed E-state index contributed by atoms with van der Waals surface area (Å²) in [5.74, 6) is 2.55. The molecule has 1 saturated carbocycles. The highest BCUT2D eigenvalue weighted by Gasteiger charge is 2.30. The third-order valence-corrected chi connectivity index (χ3v) is 4.73. The molecule has 132 valence electrons. The maximum absolute atomic E-state index is 12.9. The van der Waals surface area contributed by atoms with Crippen molar-refractivity contribution in [2.24, 2.45) is 7.05 Å². The van der Waals surface area contributed by atoms with Crippen molar-refractivity contribution in [1.29, 1.82) is 0 Å². The lowest BCUT2D eigenvalue weighted by molar-refractivity contribution is 0.344. The molecule has 3 heterocycles. The quantitative estimate of drug-likeness (QED) is 0.561. The maximum Gasteiger partial charge on any atom is 0.294 e. The fourth-order valence-electron chi connectivity index (χ4n) is 3.27. The molecule has 5 rings (SSSR count). The van der Waals surface area contributed by atoms with E-state index in [4.69, 9.17) is 9.26 Å². The number of rotatable bonds is 4. The summed E-state index contributed by atoms with van der Waals surface area (Å²) in [6.45, 7) is 2.37. The van der Waals surface area contributed by atoms with Crippen LogP contribution in [0.1, 0.15) is 31.5 Å².